The molecule has 1 aliphatic carbocycles. The van der Waals surface area contributed by atoms with Crippen molar-refractivity contribution in [1.82, 2.24) is 19.6 Å². The maximum absolute atomic E-state index is 12.5. The smallest absolute Gasteiger partial charge is 0.410 e. The number of nitrogens with zero attached hydrogens (tertiary/aromatic N) is 5. The van der Waals surface area contributed by atoms with Gasteiger partial charge in [-0.1, -0.05) is 47.3 Å². The molecule has 6 aliphatic rings. The zero-order valence-corrected chi connectivity index (χ0v) is 44.8. The van der Waals surface area contributed by atoms with E-state index < -0.39 is 29.2 Å². The third kappa shape index (κ3) is 15.3. The standard InChI is InChI=1S/C27H41N3O4.C21H31BrN2O2.C7H12O2/c1-20-16-21(18-22(17-20)30-13-6-5-8-23(30)24(31)32)19-29-12-7-9-27(29)10-14-28(15-11-27)25(33)34-26(2,3)4;1-16-12-17(14-18(22)13-16)15-24-9-5-6-21(24)7-10-23(11-8-21)19(25)26-20(2,3)4;8-7(9)6-4-2-1-3-5-6/h16-18,23H,5-15,19H2,1-4H3,(H,31,32);12-14H,5-11,15H2,1-4H3;6H,1-5H2,(H,8,9)/t23-;;/m0../s1. The Labute approximate surface area is 421 Å². The van der Waals surface area contributed by atoms with Gasteiger partial charge < -0.3 is 34.4 Å². The number of hydrogen-bond donors (Lipinski definition) is 2. The number of hydrogen-bond acceptors (Lipinski definition) is 9. The lowest BCUT2D eigenvalue weighted by Gasteiger charge is -2.45. The van der Waals surface area contributed by atoms with Crippen LogP contribution in [0.3, 0.4) is 0 Å². The second-order valence-corrected chi connectivity index (χ2v) is 23.9. The van der Waals surface area contributed by atoms with Gasteiger partial charge in [-0.05, 0) is 198 Å². The topological polar surface area (TPSA) is 143 Å². The molecule has 5 aliphatic heterocycles. The number of aryl methyl sites for hydroxylation is 2. The molecule has 6 fully saturated rings. The number of likely N-dealkylation sites (tertiary alicyclic amines) is 4. The molecule has 5 heterocycles. The van der Waals surface area contributed by atoms with Crippen molar-refractivity contribution in [2.24, 2.45) is 5.92 Å². The lowest BCUT2D eigenvalue weighted by Crippen LogP contribution is -2.53. The van der Waals surface area contributed by atoms with Crippen molar-refractivity contribution in [1.29, 1.82) is 0 Å². The van der Waals surface area contributed by atoms with Crippen molar-refractivity contribution in [3.8, 4) is 0 Å². The number of carboxylic acid groups (broad SMARTS) is 2. The highest BCUT2D eigenvalue weighted by Gasteiger charge is 2.46. The van der Waals surface area contributed by atoms with Crippen molar-refractivity contribution in [2.75, 3.05) is 50.7 Å². The minimum Gasteiger partial charge on any atom is -0.481 e. The van der Waals surface area contributed by atoms with Crippen LogP contribution in [0.5, 0.6) is 0 Å². The molecule has 2 amide bonds. The molecule has 1 atom stereocenters. The minimum atomic E-state index is -0.724. The predicted molar refractivity (Wildman–Crippen MR) is 276 cm³/mol. The van der Waals surface area contributed by atoms with Crippen molar-refractivity contribution >= 4 is 45.7 Å². The molecule has 2 aromatic carbocycles. The van der Waals surface area contributed by atoms with Crippen LogP contribution in [0.15, 0.2) is 40.9 Å². The number of halogens is 1. The Morgan fingerprint density at radius 2 is 1.03 bits per heavy atom. The summed E-state index contributed by atoms with van der Waals surface area (Å²) in [5.74, 6) is -1.36. The van der Waals surface area contributed by atoms with Gasteiger partial charge in [0.1, 0.15) is 17.2 Å². The Morgan fingerprint density at radius 3 is 1.46 bits per heavy atom. The van der Waals surface area contributed by atoms with Gasteiger partial charge in [-0.25, -0.2) is 14.4 Å². The molecule has 0 bridgehead atoms. The number of ether oxygens (including phenoxy) is 2. The van der Waals surface area contributed by atoms with Crippen LogP contribution in [0.4, 0.5) is 15.3 Å². The summed E-state index contributed by atoms with van der Waals surface area (Å²) < 4.78 is 12.3. The molecule has 384 valence electrons. The molecule has 13 nitrogen and oxygen atoms in total. The average molecular weight is 1020 g/mol. The lowest BCUT2D eigenvalue weighted by molar-refractivity contribution is -0.143. The third-order valence-corrected chi connectivity index (χ3v) is 15.7. The zero-order valence-electron chi connectivity index (χ0n) is 43.3. The van der Waals surface area contributed by atoms with E-state index >= 15 is 0 Å². The van der Waals surface area contributed by atoms with Crippen molar-refractivity contribution in [3.63, 3.8) is 0 Å². The Morgan fingerprint density at radius 1 is 0.565 bits per heavy atom. The fourth-order valence-electron chi connectivity index (χ4n) is 11.8. The number of carbonyl (C=O) groups is 4. The van der Waals surface area contributed by atoms with Gasteiger partial charge in [-0.2, -0.15) is 0 Å². The Bertz CT molecular complexity index is 2040. The van der Waals surface area contributed by atoms with E-state index in [4.69, 9.17) is 14.6 Å². The summed E-state index contributed by atoms with van der Waals surface area (Å²) in [4.78, 5) is 58.2. The molecular formula is C55H84BrN5O8. The molecule has 69 heavy (non-hydrogen) atoms. The van der Waals surface area contributed by atoms with Crippen LogP contribution >= 0.6 is 15.9 Å². The monoisotopic (exact) mass is 1020 g/mol. The first kappa shape index (κ1) is 54.5. The van der Waals surface area contributed by atoms with E-state index in [1.54, 1.807) is 0 Å². The second kappa shape index (κ2) is 23.6. The van der Waals surface area contributed by atoms with E-state index in [0.29, 0.717) is 6.42 Å². The summed E-state index contributed by atoms with van der Waals surface area (Å²) in [7, 11) is 0. The van der Waals surface area contributed by atoms with E-state index in [-0.39, 0.29) is 29.2 Å². The Hall–Kier alpha value is -3.88. The predicted octanol–water partition coefficient (Wildman–Crippen LogP) is 11.6. The van der Waals surface area contributed by atoms with E-state index in [1.807, 2.05) is 51.3 Å². The van der Waals surface area contributed by atoms with Crippen LogP contribution in [-0.4, -0.2) is 128 Å². The van der Waals surface area contributed by atoms with Crippen LogP contribution in [0.25, 0.3) is 0 Å². The summed E-state index contributed by atoms with van der Waals surface area (Å²) in [5.41, 5.74) is 5.61. The van der Waals surface area contributed by atoms with Gasteiger partial charge in [-0.15, -0.1) is 0 Å². The minimum absolute atomic E-state index is 0.0289. The van der Waals surface area contributed by atoms with Crippen LogP contribution in [0, 0.1) is 19.8 Å². The summed E-state index contributed by atoms with van der Waals surface area (Å²) >= 11 is 3.62. The van der Waals surface area contributed by atoms with E-state index in [1.165, 1.54) is 54.4 Å². The maximum Gasteiger partial charge on any atom is 0.410 e. The van der Waals surface area contributed by atoms with Gasteiger partial charge in [0, 0.05) is 67.1 Å². The molecule has 8 rings (SSSR count). The van der Waals surface area contributed by atoms with Gasteiger partial charge >= 0.3 is 24.1 Å². The first-order valence-corrected chi connectivity index (χ1v) is 26.9. The number of carboxylic acids is 2. The second-order valence-electron chi connectivity index (χ2n) is 23.0. The highest BCUT2D eigenvalue weighted by atomic mass is 79.9. The van der Waals surface area contributed by atoms with E-state index in [9.17, 15) is 24.3 Å². The summed E-state index contributed by atoms with van der Waals surface area (Å²) in [5, 5.41) is 18.3. The summed E-state index contributed by atoms with van der Waals surface area (Å²) in [6.45, 7) is 23.7. The largest absolute Gasteiger partial charge is 0.481 e. The molecule has 5 saturated heterocycles. The normalized spacial score (nSPS) is 22.1. The average Bonchev–Trinajstić information content (AvgIpc) is 3.84. The lowest BCUT2D eigenvalue weighted by atomic mass is 9.84. The van der Waals surface area contributed by atoms with Gasteiger partial charge in [-0.3, -0.25) is 14.6 Å². The molecular weight excluding hydrogens is 939 g/mol. The quantitative estimate of drug-likeness (QED) is 0.274. The number of rotatable bonds is 7. The maximum atomic E-state index is 12.5. The van der Waals surface area contributed by atoms with Gasteiger partial charge in [0.25, 0.3) is 0 Å². The molecule has 14 heteroatoms. The fourth-order valence-corrected chi connectivity index (χ4v) is 12.4. The molecule has 1 saturated carbocycles. The number of aliphatic carboxylic acids is 2. The van der Waals surface area contributed by atoms with Gasteiger partial charge in [0.15, 0.2) is 0 Å². The number of anilines is 1. The van der Waals surface area contributed by atoms with Crippen LogP contribution in [0.1, 0.15) is 167 Å². The first-order valence-electron chi connectivity index (χ1n) is 26.1. The molecule has 0 aromatic heterocycles. The summed E-state index contributed by atoms with van der Waals surface area (Å²) in [6.07, 6.45) is 16.4. The summed E-state index contributed by atoms with van der Waals surface area (Å²) in [6, 6.07) is 12.8. The number of amides is 2. The van der Waals surface area contributed by atoms with Gasteiger partial charge in [0.2, 0.25) is 0 Å². The Kier molecular flexibility index (Phi) is 18.6. The highest BCUT2D eigenvalue weighted by Crippen LogP contribution is 2.42. The number of piperidine rings is 3. The highest BCUT2D eigenvalue weighted by molar-refractivity contribution is 9.10. The molecule has 2 spiro atoms. The molecule has 0 radical (unpaired) electrons. The van der Waals surface area contributed by atoms with E-state index in [0.717, 1.165) is 133 Å². The van der Waals surface area contributed by atoms with Crippen molar-refractivity contribution < 1.29 is 38.9 Å². The van der Waals surface area contributed by atoms with Crippen LogP contribution in [0.2, 0.25) is 0 Å². The van der Waals surface area contributed by atoms with E-state index in [2.05, 4.69) is 80.9 Å². The SMILES string of the molecule is Cc1cc(Br)cc(CN2CCCC23CCN(C(=O)OC(C)(C)C)CC3)c1.Cc1cc(CN2CCCC23CCN(C(=O)OC(C)(C)C)CC3)cc(N2CCCC[C@H]2C(=O)O)c1.O=C(O)C1CCCCC1. The van der Waals surface area contributed by atoms with Gasteiger partial charge in [0.05, 0.1) is 5.92 Å². The number of carbonyl (C=O) groups excluding carboxylic acids is 2. The third-order valence-electron chi connectivity index (χ3n) is 15.2. The molecule has 0 unspecified atom stereocenters. The van der Waals surface area contributed by atoms with Crippen LogP contribution < -0.4 is 4.90 Å². The number of benzene rings is 2. The zero-order chi connectivity index (χ0) is 50.1. The van der Waals surface area contributed by atoms with Crippen LogP contribution in [-0.2, 0) is 32.2 Å². The van der Waals surface area contributed by atoms with Crippen molar-refractivity contribution in [3.05, 3.63) is 63.1 Å². The fraction of sp³-hybridized carbons (Fsp3) is 0.709. The molecule has 2 N–H and O–H groups in total. The molecule has 2 aromatic rings. The first-order chi connectivity index (χ1) is 32.5. The van der Waals surface area contributed by atoms with Crippen molar-refractivity contribution in [2.45, 2.75) is 200 Å². The Balaban J connectivity index is 0.000000196.